The van der Waals surface area contributed by atoms with Crippen molar-refractivity contribution in [2.24, 2.45) is 5.92 Å². The van der Waals surface area contributed by atoms with Crippen LogP contribution in [0.2, 0.25) is 0 Å². The van der Waals surface area contributed by atoms with Gasteiger partial charge in [0, 0.05) is 42.5 Å². The summed E-state index contributed by atoms with van der Waals surface area (Å²) in [7, 11) is 0. The number of aromatic nitrogens is 2. The number of hydrogen-bond acceptors (Lipinski definition) is 4. The Morgan fingerprint density at radius 1 is 1.11 bits per heavy atom. The quantitative estimate of drug-likeness (QED) is 0.750. The summed E-state index contributed by atoms with van der Waals surface area (Å²) in [5.41, 5.74) is 3.17. The number of para-hydroxylation sites is 1. The van der Waals surface area contributed by atoms with Crippen molar-refractivity contribution in [2.75, 3.05) is 13.1 Å². The van der Waals surface area contributed by atoms with E-state index in [1.54, 1.807) is 0 Å². The smallest absolute Gasteiger partial charge is 0.307 e. The summed E-state index contributed by atoms with van der Waals surface area (Å²) in [6.07, 6.45) is 6.06. The minimum Gasteiger partial charge on any atom is -0.481 e. The maximum absolute atomic E-state index is 11.6. The number of fused-ring (bicyclic) bond motifs is 1. The van der Waals surface area contributed by atoms with E-state index in [2.05, 4.69) is 27.0 Å². The lowest BCUT2D eigenvalue weighted by Gasteiger charge is -2.37. The summed E-state index contributed by atoms with van der Waals surface area (Å²) < 4.78 is 0. The lowest BCUT2D eigenvalue weighted by atomic mass is 9.91. The summed E-state index contributed by atoms with van der Waals surface area (Å²) in [6.45, 7) is 1.47. The van der Waals surface area contributed by atoms with Crippen molar-refractivity contribution in [1.82, 2.24) is 14.9 Å². The molecule has 1 N–H and O–H groups in total. The molecule has 3 aromatic rings. The van der Waals surface area contributed by atoms with Gasteiger partial charge in [-0.05, 0) is 49.2 Å². The number of nitrogens with zero attached hydrogens (tertiary/aromatic N) is 3. The van der Waals surface area contributed by atoms with E-state index >= 15 is 0 Å². The molecule has 2 atom stereocenters. The molecule has 27 heavy (non-hydrogen) atoms. The lowest BCUT2D eigenvalue weighted by Crippen LogP contribution is -2.41. The van der Waals surface area contributed by atoms with Crippen LogP contribution in [-0.4, -0.2) is 39.0 Å². The van der Waals surface area contributed by atoms with E-state index in [4.69, 9.17) is 0 Å². The fourth-order valence-electron chi connectivity index (χ4n) is 4.05. The van der Waals surface area contributed by atoms with Gasteiger partial charge < -0.3 is 5.11 Å². The molecule has 0 saturated carbocycles. The molecule has 0 bridgehead atoms. The predicted molar refractivity (Wildman–Crippen MR) is 104 cm³/mol. The minimum absolute atomic E-state index is 0.0787. The standard InChI is InChI=1S/C22H23N3O2/c26-22(27)16-6-5-13-25(15-16)21(14-17-7-3-4-11-23-17)19-10-12-24-20-9-2-1-8-18(19)20/h1-4,7-12,16,21H,5-6,13-15H2,(H,26,27). The van der Waals surface area contributed by atoms with E-state index in [9.17, 15) is 9.90 Å². The highest BCUT2D eigenvalue weighted by molar-refractivity contribution is 5.82. The number of likely N-dealkylation sites (tertiary alicyclic amines) is 1. The summed E-state index contributed by atoms with van der Waals surface area (Å²) in [5.74, 6) is -1.01. The van der Waals surface area contributed by atoms with Crippen LogP contribution in [0.4, 0.5) is 0 Å². The van der Waals surface area contributed by atoms with Gasteiger partial charge >= 0.3 is 5.97 Å². The van der Waals surface area contributed by atoms with Gasteiger partial charge in [0.2, 0.25) is 0 Å². The third kappa shape index (κ3) is 3.83. The number of carbonyl (C=O) groups is 1. The molecule has 1 saturated heterocycles. The van der Waals surface area contributed by atoms with E-state index in [1.165, 1.54) is 5.56 Å². The Balaban J connectivity index is 1.74. The van der Waals surface area contributed by atoms with Gasteiger partial charge in [0.1, 0.15) is 0 Å². The molecule has 2 aromatic heterocycles. The van der Waals surface area contributed by atoms with Gasteiger partial charge in [-0.2, -0.15) is 0 Å². The van der Waals surface area contributed by atoms with Crippen LogP contribution < -0.4 is 0 Å². The molecule has 0 spiro atoms. The molecule has 1 aliphatic rings. The first-order chi connectivity index (χ1) is 13.2. The molecule has 5 heteroatoms. The minimum atomic E-state index is -0.698. The Bertz CT molecular complexity index is 924. The van der Waals surface area contributed by atoms with Gasteiger partial charge in [0.15, 0.2) is 0 Å². The highest BCUT2D eigenvalue weighted by Gasteiger charge is 2.31. The summed E-state index contributed by atoms with van der Waals surface area (Å²) in [5, 5.41) is 10.6. The number of benzene rings is 1. The van der Waals surface area contributed by atoms with Crippen LogP contribution in [0.15, 0.2) is 60.9 Å². The second-order valence-corrected chi connectivity index (χ2v) is 7.13. The molecular weight excluding hydrogens is 338 g/mol. The van der Waals surface area contributed by atoms with Crippen molar-refractivity contribution in [3.63, 3.8) is 0 Å². The highest BCUT2D eigenvalue weighted by atomic mass is 16.4. The number of pyridine rings is 2. The van der Waals surface area contributed by atoms with Crippen LogP contribution in [-0.2, 0) is 11.2 Å². The first-order valence-corrected chi connectivity index (χ1v) is 9.43. The Kier molecular flexibility index (Phi) is 5.12. The molecule has 0 radical (unpaired) electrons. The number of hydrogen-bond donors (Lipinski definition) is 1. The van der Waals surface area contributed by atoms with Crippen LogP contribution in [0.3, 0.4) is 0 Å². The third-order valence-electron chi connectivity index (χ3n) is 5.41. The average molecular weight is 361 g/mol. The summed E-state index contributed by atoms with van der Waals surface area (Å²) >= 11 is 0. The second kappa shape index (κ2) is 7.84. The van der Waals surface area contributed by atoms with Crippen LogP contribution in [0.1, 0.15) is 30.1 Å². The summed E-state index contributed by atoms with van der Waals surface area (Å²) in [6, 6.07) is 16.2. The van der Waals surface area contributed by atoms with Crippen molar-refractivity contribution < 1.29 is 9.90 Å². The first-order valence-electron chi connectivity index (χ1n) is 9.43. The van der Waals surface area contributed by atoms with Crippen LogP contribution in [0.5, 0.6) is 0 Å². The molecule has 5 nitrogen and oxygen atoms in total. The van der Waals surface area contributed by atoms with Crippen LogP contribution >= 0.6 is 0 Å². The lowest BCUT2D eigenvalue weighted by molar-refractivity contribution is -0.144. The van der Waals surface area contributed by atoms with Crippen molar-refractivity contribution in [3.8, 4) is 0 Å². The number of carboxylic acids is 1. The number of carboxylic acid groups (broad SMARTS) is 1. The maximum Gasteiger partial charge on any atom is 0.307 e. The zero-order valence-corrected chi connectivity index (χ0v) is 15.2. The van der Waals surface area contributed by atoms with Crippen molar-refractivity contribution in [1.29, 1.82) is 0 Å². The highest BCUT2D eigenvalue weighted by Crippen LogP contribution is 2.33. The molecule has 0 aliphatic carbocycles. The maximum atomic E-state index is 11.6. The first kappa shape index (κ1) is 17.6. The van der Waals surface area contributed by atoms with Gasteiger partial charge in [-0.15, -0.1) is 0 Å². The number of piperidine rings is 1. The van der Waals surface area contributed by atoms with E-state index in [1.807, 2.05) is 48.8 Å². The molecule has 138 valence electrons. The van der Waals surface area contributed by atoms with Gasteiger partial charge in [-0.3, -0.25) is 19.7 Å². The van der Waals surface area contributed by atoms with Gasteiger partial charge in [0.25, 0.3) is 0 Å². The fourth-order valence-corrected chi connectivity index (χ4v) is 4.05. The Hall–Kier alpha value is -2.79. The zero-order chi connectivity index (χ0) is 18.6. The van der Waals surface area contributed by atoms with Crippen molar-refractivity contribution in [3.05, 3.63) is 72.2 Å². The third-order valence-corrected chi connectivity index (χ3v) is 5.41. The Labute approximate surface area is 158 Å². The van der Waals surface area contributed by atoms with E-state index in [0.717, 1.165) is 42.4 Å². The van der Waals surface area contributed by atoms with Crippen molar-refractivity contribution in [2.45, 2.75) is 25.3 Å². The molecule has 4 rings (SSSR count). The van der Waals surface area contributed by atoms with Crippen LogP contribution in [0.25, 0.3) is 10.9 Å². The van der Waals surface area contributed by atoms with E-state index < -0.39 is 5.97 Å². The molecule has 3 heterocycles. The molecule has 2 unspecified atom stereocenters. The van der Waals surface area contributed by atoms with Crippen molar-refractivity contribution >= 4 is 16.9 Å². The van der Waals surface area contributed by atoms with Gasteiger partial charge in [-0.25, -0.2) is 0 Å². The number of aliphatic carboxylic acids is 1. The monoisotopic (exact) mass is 361 g/mol. The summed E-state index contributed by atoms with van der Waals surface area (Å²) in [4.78, 5) is 22.9. The zero-order valence-electron chi connectivity index (χ0n) is 15.2. The molecule has 1 fully saturated rings. The normalized spacial score (nSPS) is 19.0. The SMILES string of the molecule is O=C(O)C1CCCN(C(Cc2ccccn2)c2ccnc3ccccc23)C1. The fraction of sp³-hybridized carbons (Fsp3) is 0.318. The molecule has 1 aromatic carbocycles. The Morgan fingerprint density at radius 2 is 1.96 bits per heavy atom. The predicted octanol–water partition coefficient (Wildman–Crippen LogP) is 3.71. The second-order valence-electron chi connectivity index (χ2n) is 7.13. The molecule has 1 aliphatic heterocycles. The molecular formula is C22H23N3O2. The topological polar surface area (TPSA) is 66.3 Å². The number of rotatable bonds is 5. The van der Waals surface area contributed by atoms with Gasteiger partial charge in [0.05, 0.1) is 11.4 Å². The van der Waals surface area contributed by atoms with Gasteiger partial charge in [-0.1, -0.05) is 24.3 Å². The average Bonchev–Trinajstić information content (AvgIpc) is 2.72. The molecule has 0 amide bonds. The van der Waals surface area contributed by atoms with E-state index in [-0.39, 0.29) is 12.0 Å². The largest absolute Gasteiger partial charge is 0.481 e. The van der Waals surface area contributed by atoms with E-state index in [0.29, 0.717) is 6.54 Å². The Morgan fingerprint density at radius 3 is 2.78 bits per heavy atom. The van der Waals surface area contributed by atoms with Crippen LogP contribution in [0, 0.1) is 5.92 Å².